The van der Waals surface area contributed by atoms with Crippen molar-refractivity contribution in [2.45, 2.75) is 65.0 Å². The third-order valence-electron chi connectivity index (χ3n) is 3.42. The van der Waals surface area contributed by atoms with Gasteiger partial charge in [0.25, 0.3) is 0 Å². The normalized spacial score (nSPS) is 18.5. The van der Waals surface area contributed by atoms with Gasteiger partial charge in [-0.25, -0.2) is 0 Å². The number of ether oxygens (including phenoxy) is 1. The summed E-state index contributed by atoms with van der Waals surface area (Å²) < 4.78 is 5.48. The summed E-state index contributed by atoms with van der Waals surface area (Å²) >= 11 is 0. The van der Waals surface area contributed by atoms with Gasteiger partial charge in [0, 0.05) is 19.1 Å². The largest absolute Gasteiger partial charge is 0.366 e. The van der Waals surface area contributed by atoms with Crippen LogP contribution in [0, 0.1) is 0 Å². The van der Waals surface area contributed by atoms with Crippen molar-refractivity contribution in [2.24, 2.45) is 0 Å². The van der Waals surface area contributed by atoms with E-state index in [0.29, 0.717) is 6.04 Å². The minimum absolute atomic E-state index is 0.0157. The van der Waals surface area contributed by atoms with Gasteiger partial charge in [0.15, 0.2) is 0 Å². The van der Waals surface area contributed by atoms with Crippen molar-refractivity contribution in [3.8, 4) is 0 Å². The molecule has 0 unspecified atom stereocenters. The van der Waals surface area contributed by atoms with Crippen LogP contribution >= 0.6 is 0 Å². The fraction of sp³-hybridized carbons (Fsp3) is 0.933. The molecular weight excluding hydrogens is 240 g/mol. The molecule has 1 fully saturated rings. The molecule has 0 spiro atoms. The van der Waals surface area contributed by atoms with Crippen LogP contribution in [0.4, 0.5) is 0 Å². The highest BCUT2D eigenvalue weighted by Gasteiger charge is 2.21. The van der Waals surface area contributed by atoms with Crippen LogP contribution in [0.2, 0.25) is 0 Å². The van der Waals surface area contributed by atoms with E-state index in [0.717, 1.165) is 25.9 Å². The van der Waals surface area contributed by atoms with Crippen LogP contribution in [0.15, 0.2) is 0 Å². The SMILES string of the molecule is CCCCN1CCC(NC(=O)COC(C)(C)C)CC1. The maximum Gasteiger partial charge on any atom is 0.246 e. The van der Waals surface area contributed by atoms with Crippen LogP contribution in [0.25, 0.3) is 0 Å². The van der Waals surface area contributed by atoms with Crippen molar-refractivity contribution in [1.29, 1.82) is 0 Å². The van der Waals surface area contributed by atoms with Crippen molar-refractivity contribution in [1.82, 2.24) is 10.2 Å². The van der Waals surface area contributed by atoms with Gasteiger partial charge >= 0.3 is 0 Å². The second-order valence-electron chi connectivity index (χ2n) is 6.44. The second-order valence-corrected chi connectivity index (χ2v) is 6.44. The molecule has 1 heterocycles. The molecule has 0 atom stereocenters. The Morgan fingerprint density at radius 2 is 1.95 bits per heavy atom. The number of nitrogens with one attached hydrogen (secondary N) is 1. The highest BCUT2D eigenvalue weighted by molar-refractivity contribution is 5.77. The average Bonchev–Trinajstić information content (AvgIpc) is 2.35. The molecule has 0 aromatic carbocycles. The molecule has 0 aromatic rings. The number of carbonyl (C=O) groups is 1. The number of nitrogens with zero attached hydrogens (tertiary/aromatic N) is 1. The molecule has 4 nitrogen and oxygen atoms in total. The van der Waals surface area contributed by atoms with Crippen LogP contribution in [-0.2, 0) is 9.53 Å². The number of unbranched alkanes of at least 4 members (excludes halogenated alkanes) is 1. The third-order valence-corrected chi connectivity index (χ3v) is 3.42. The lowest BCUT2D eigenvalue weighted by molar-refractivity contribution is -0.131. The van der Waals surface area contributed by atoms with E-state index < -0.39 is 0 Å². The molecule has 1 aliphatic heterocycles. The van der Waals surface area contributed by atoms with E-state index in [-0.39, 0.29) is 18.1 Å². The van der Waals surface area contributed by atoms with E-state index in [1.807, 2.05) is 20.8 Å². The van der Waals surface area contributed by atoms with E-state index >= 15 is 0 Å². The monoisotopic (exact) mass is 270 g/mol. The lowest BCUT2D eigenvalue weighted by atomic mass is 10.0. The minimum Gasteiger partial charge on any atom is -0.366 e. The summed E-state index contributed by atoms with van der Waals surface area (Å²) in [5.74, 6) is 0.0157. The lowest BCUT2D eigenvalue weighted by Gasteiger charge is -2.32. The number of hydrogen-bond donors (Lipinski definition) is 1. The van der Waals surface area contributed by atoms with Gasteiger partial charge in [-0.2, -0.15) is 0 Å². The Morgan fingerprint density at radius 3 is 2.47 bits per heavy atom. The molecule has 0 aliphatic carbocycles. The first-order chi connectivity index (χ1) is 8.90. The molecule has 0 saturated carbocycles. The number of carbonyl (C=O) groups excluding carboxylic acids is 1. The summed E-state index contributed by atoms with van der Waals surface area (Å²) in [6.45, 7) is 11.7. The second kappa shape index (κ2) is 7.85. The van der Waals surface area contributed by atoms with Crippen LogP contribution in [-0.4, -0.2) is 48.7 Å². The summed E-state index contributed by atoms with van der Waals surface area (Å²) in [5, 5.41) is 3.08. The van der Waals surface area contributed by atoms with Crippen molar-refractivity contribution < 1.29 is 9.53 Å². The summed E-state index contributed by atoms with van der Waals surface area (Å²) in [6, 6.07) is 0.328. The van der Waals surface area contributed by atoms with Gasteiger partial charge in [-0.05, 0) is 46.6 Å². The molecule has 1 N–H and O–H groups in total. The zero-order valence-electron chi connectivity index (χ0n) is 13.0. The van der Waals surface area contributed by atoms with E-state index in [9.17, 15) is 4.79 Å². The molecule has 0 bridgehead atoms. The highest BCUT2D eigenvalue weighted by Crippen LogP contribution is 2.11. The number of hydrogen-bond acceptors (Lipinski definition) is 3. The Kier molecular flexibility index (Phi) is 6.80. The fourth-order valence-corrected chi connectivity index (χ4v) is 2.23. The van der Waals surface area contributed by atoms with Gasteiger partial charge in [-0.3, -0.25) is 4.79 Å². The third kappa shape index (κ3) is 7.53. The predicted octanol–water partition coefficient (Wildman–Crippen LogP) is 2.18. The number of rotatable bonds is 6. The average molecular weight is 270 g/mol. The van der Waals surface area contributed by atoms with Crippen LogP contribution in [0.5, 0.6) is 0 Å². The minimum atomic E-state index is -0.249. The maximum atomic E-state index is 11.8. The van der Waals surface area contributed by atoms with Crippen molar-refractivity contribution in [2.75, 3.05) is 26.2 Å². The molecule has 0 aromatic heterocycles. The first-order valence-corrected chi connectivity index (χ1v) is 7.56. The standard InChI is InChI=1S/C15H30N2O2/c1-5-6-9-17-10-7-13(8-11-17)16-14(18)12-19-15(2,3)4/h13H,5-12H2,1-4H3,(H,16,18). The van der Waals surface area contributed by atoms with Gasteiger partial charge in [0.2, 0.25) is 5.91 Å². The molecule has 1 rings (SSSR count). The molecular formula is C15H30N2O2. The quantitative estimate of drug-likeness (QED) is 0.804. The number of piperidine rings is 1. The first kappa shape index (κ1) is 16.4. The molecule has 4 heteroatoms. The molecule has 1 saturated heterocycles. The van der Waals surface area contributed by atoms with Gasteiger partial charge in [0.1, 0.15) is 6.61 Å². The first-order valence-electron chi connectivity index (χ1n) is 7.56. The maximum absolute atomic E-state index is 11.8. The van der Waals surface area contributed by atoms with Crippen molar-refractivity contribution >= 4 is 5.91 Å². The summed E-state index contributed by atoms with van der Waals surface area (Å²) in [5.41, 5.74) is -0.249. The Labute approximate surface area is 117 Å². The Balaban J connectivity index is 2.16. The van der Waals surface area contributed by atoms with Gasteiger partial charge in [-0.1, -0.05) is 13.3 Å². The topological polar surface area (TPSA) is 41.6 Å². The van der Waals surface area contributed by atoms with E-state index in [1.54, 1.807) is 0 Å². The molecule has 0 radical (unpaired) electrons. The summed E-state index contributed by atoms with van der Waals surface area (Å²) in [4.78, 5) is 14.3. The zero-order chi connectivity index (χ0) is 14.3. The van der Waals surface area contributed by atoms with E-state index in [1.165, 1.54) is 19.4 Å². The molecule has 1 amide bonds. The van der Waals surface area contributed by atoms with E-state index in [4.69, 9.17) is 4.74 Å². The van der Waals surface area contributed by atoms with Crippen molar-refractivity contribution in [3.05, 3.63) is 0 Å². The molecule has 19 heavy (non-hydrogen) atoms. The van der Waals surface area contributed by atoms with Crippen molar-refractivity contribution in [3.63, 3.8) is 0 Å². The number of likely N-dealkylation sites (tertiary alicyclic amines) is 1. The molecule has 112 valence electrons. The van der Waals surface area contributed by atoms with Crippen LogP contribution < -0.4 is 5.32 Å². The Bertz CT molecular complexity index is 266. The summed E-state index contributed by atoms with van der Waals surface area (Å²) in [6.07, 6.45) is 4.65. The van der Waals surface area contributed by atoms with Crippen LogP contribution in [0.1, 0.15) is 53.4 Å². The van der Waals surface area contributed by atoms with Gasteiger partial charge in [0.05, 0.1) is 5.60 Å². The van der Waals surface area contributed by atoms with Gasteiger partial charge < -0.3 is 15.0 Å². The van der Waals surface area contributed by atoms with Gasteiger partial charge in [-0.15, -0.1) is 0 Å². The Morgan fingerprint density at radius 1 is 1.32 bits per heavy atom. The lowest BCUT2D eigenvalue weighted by Crippen LogP contribution is -2.46. The highest BCUT2D eigenvalue weighted by atomic mass is 16.5. The number of amides is 1. The molecule has 1 aliphatic rings. The van der Waals surface area contributed by atoms with E-state index in [2.05, 4.69) is 17.1 Å². The fourth-order valence-electron chi connectivity index (χ4n) is 2.23. The summed E-state index contributed by atoms with van der Waals surface area (Å²) in [7, 11) is 0. The Hall–Kier alpha value is -0.610. The van der Waals surface area contributed by atoms with Crippen LogP contribution in [0.3, 0.4) is 0 Å². The predicted molar refractivity (Wildman–Crippen MR) is 78.2 cm³/mol. The zero-order valence-corrected chi connectivity index (χ0v) is 13.0. The smallest absolute Gasteiger partial charge is 0.246 e.